The second kappa shape index (κ2) is 8.08. The van der Waals surface area contributed by atoms with E-state index in [9.17, 15) is 5.11 Å². The molecular weight excluding hydrogens is 314 g/mol. The summed E-state index contributed by atoms with van der Waals surface area (Å²) in [4.78, 5) is 16.1. The highest BCUT2D eigenvalue weighted by Crippen LogP contribution is 2.28. The van der Waals surface area contributed by atoms with E-state index in [4.69, 9.17) is 4.98 Å². The summed E-state index contributed by atoms with van der Waals surface area (Å²) >= 11 is 0. The molecule has 25 heavy (non-hydrogen) atoms. The molecule has 1 aliphatic rings. The summed E-state index contributed by atoms with van der Waals surface area (Å²) in [6.07, 6.45) is 1.86. The van der Waals surface area contributed by atoms with Crippen molar-refractivity contribution >= 4 is 16.9 Å². The van der Waals surface area contributed by atoms with Gasteiger partial charge in [-0.25, -0.2) is 4.98 Å². The zero-order valence-corrected chi connectivity index (χ0v) is 15.5. The number of benzene rings is 1. The van der Waals surface area contributed by atoms with Crippen molar-refractivity contribution in [2.75, 3.05) is 65.4 Å². The zero-order valence-electron chi connectivity index (χ0n) is 15.5. The Kier molecular flexibility index (Phi) is 5.83. The predicted octanol–water partition coefficient (Wildman–Crippen LogP) is 1.17. The SMILES string of the molecule is CN(C)CCN(C)C[C@@H]1CN(c2cnc3ccccc3n2)C[C@@H]1CO. The maximum Gasteiger partial charge on any atom is 0.147 e. The first-order valence-corrected chi connectivity index (χ1v) is 8.97. The standard InChI is InChI=1S/C19H29N5O/c1-22(2)8-9-23(3)11-15-12-24(13-16(15)14-25)19-10-20-17-6-4-5-7-18(17)21-19/h4-7,10,15-16,25H,8-9,11-14H2,1-3H3/t15-,16-/m1/s1. The summed E-state index contributed by atoms with van der Waals surface area (Å²) in [5.41, 5.74) is 1.84. The van der Waals surface area contributed by atoms with Gasteiger partial charge in [-0.15, -0.1) is 0 Å². The van der Waals surface area contributed by atoms with Crippen molar-refractivity contribution in [3.63, 3.8) is 0 Å². The van der Waals surface area contributed by atoms with E-state index in [-0.39, 0.29) is 12.5 Å². The Morgan fingerprint density at radius 3 is 2.52 bits per heavy atom. The van der Waals surface area contributed by atoms with Gasteiger partial charge < -0.3 is 19.8 Å². The van der Waals surface area contributed by atoms with Crippen LogP contribution in [0.15, 0.2) is 30.5 Å². The Hall–Kier alpha value is -1.76. The van der Waals surface area contributed by atoms with E-state index in [1.165, 1.54) is 0 Å². The number of hydrogen-bond donors (Lipinski definition) is 1. The van der Waals surface area contributed by atoms with Gasteiger partial charge in [-0.1, -0.05) is 12.1 Å². The van der Waals surface area contributed by atoms with Crippen LogP contribution < -0.4 is 4.90 Å². The Morgan fingerprint density at radius 1 is 1.08 bits per heavy atom. The second-order valence-corrected chi connectivity index (χ2v) is 7.39. The van der Waals surface area contributed by atoms with Crippen LogP contribution in [0.1, 0.15) is 0 Å². The van der Waals surface area contributed by atoms with E-state index in [1.807, 2.05) is 30.5 Å². The van der Waals surface area contributed by atoms with Crippen molar-refractivity contribution in [1.29, 1.82) is 0 Å². The number of nitrogens with zero attached hydrogens (tertiary/aromatic N) is 5. The summed E-state index contributed by atoms with van der Waals surface area (Å²) in [5.74, 6) is 1.65. The molecule has 6 heteroatoms. The Bertz CT molecular complexity index is 692. The van der Waals surface area contributed by atoms with Crippen LogP contribution in [0.5, 0.6) is 0 Å². The largest absolute Gasteiger partial charge is 0.396 e. The molecule has 0 bridgehead atoms. The molecule has 1 fully saturated rings. The number of aliphatic hydroxyl groups is 1. The maximum atomic E-state index is 9.81. The molecular formula is C19H29N5O. The summed E-state index contributed by atoms with van der Waals surface area (Å²) in [6, 6.07) is 7.95. The zero-order chi connectivity index (χ0) is 17.8. The lowest BCUT2D eigenvalue weighted by Gasteiger charge is -2.25. The van der Waals surface area contributed by atoms with Gasteiger partial charge in [0.1, 0.15) is 5.82 Å². The van der Waals surface area contributed by atoms with Crippen LogP contribution in [0.3, 0.4) is 0 Å². The lowest BCUT2D eigenvalue weighted by atomic mass is 9.96. The Balaban J connectivity index is 1.67. The highest BCUT2D eigenvalue weighted by atomic mass is 16.3. The third-order valence-corrected chi connectivity index (χ3v) is 5.05. The summed E-state index contributed by atoms with van der Waals surface area (Å²) in [7, 11) is 6.36. The molecule has 0 aliphatic carbocycles. The van der Waals surface area contributed by atoms with E-state index in [2.05, 4.69) is 40.8 Å². The molecule has 2 heterocycles. The maximum absolute atomic E-state index is 9.81. The third-order valence-electron chi connectivity index (χ3n) is 5.05. The van der Waals surface area contributed by atoms with Crippen LogP contribution in [-0.2, 0) is 0 Å². The highest BCUT2D eigenvalue weighted by molar-refractivity contribution is 5.75. The molecule has 6 nitrogen and oxygen atoms in total. The van der Waals surface area contributed by atoms with E-state index in [1.54, 1.807) is 0 Å². The van der Waals surface area contributed by atoms with Gasteiger partial charge >= 0.3 is 0 Å². The number of aliphatic hydroxyl groups excluding tert-OH is 1. The second-order valence-electron chi connectivity index (χ2n) is 7.39. The topological polar surface area (TPSA) is 55.7 Å². The van der Waals surface area contributed by atoms with Crippen LogP contribution in [0.25, 0.3) is 11.0 Å². The normalized spacial score (nSPS) is 21.0. The fraction of sp³-hybridized carbons (Fsp3) is 0.579. The molecule has 0 radical (unpaired) electrons. The van der Waals surface area contributed by atoms with Gasteiger partial charge in [0.05, 0.1) is 17.2 Å². The Labute approximate surface area is 150 Å². The van der Waals surface area contributed by atoms with E-state index >= 15 is 0 Å². The molecule has 0 saturated carbocycles. The van der Waals surface area contributed by atoms with Gasteiger partial charge in [0.25, 0.3) is 0 Å². The smallest absolute Gasteiger partial charge is 0.147 e. The van der Waals surface area contributed by atoms with Gasteiger partial charge in [0.15, 0.2) is 0 Å². The third kappa shape index (κ3) is 4.45. The van der Waals surface area contributed by atoms with Crippen LogP contribution in [-0.4, -0.2) is 85.3 Å². The molecule has 2 aromatic rings. The fourth-order valence-electron chi connectivity index (χ4n) is 3.50. The number of aromatic nitrogens is 2. The van der Waals surface area contributed by atoms with Crippen LogP contribution in [0.2, 0.25) is 0 Å². The van der Waals surface area contributed by atoms with Crippen molar-refractivity contribution in [1.82, 2.24) is 19.8 Å². The molecule has 1 N–H and O–H groups in total. The summed E-state index contributed by atoms with van der Waals surface area (Å²) in [5, 5.41) is 9.81. The number of para-hydroxylation sites is 2. The van der Waals surface area contributed by atoms with Crippen LogP contribution in [0, 0.1) is 11.8 Å². The average Bonchev–Trinajstić information content (AvgIpc) is 3.02. The minimum atomic E-state index is 0.226. The van der Waals surface area contributed by atoms with Crippen LogP contribution in [0.4, 0.5) is 5.82 Å². The van der Waals surface area contributed by atoms with E-state index in [0.717, 1.165) is 49.6 Å². The lowest BCUT2D eigenvalue weighted by molar-refractivity contribution is 0.171. The van der Waals surface area contributed by atoms with Crippen molar-refractivity contribution in [3.8, 4) is 0 Å². The first-order valence-electron chi connectivity index (χ1n) is 8.97. The monoisotopic (exact) mass is 343 g/mol. The first-order chi connectivity index (χ1) is 12.1. The fourth-order valence-corrected chi connectivity index (χ4v) is 3.50. The molecule has 3 rings (SSSR count). The molecule has 1 aromatic carbocycles. The summed E-state index contributed by atoms with van der Waals surface area (Å²) < 4.78 is 0. The van der Waals surface area contributed by atoms with Gasteiger partial charge in [0, 0.05) is 45.2 Å². The molecule has 0 unspecified atom stereocenters. The van der Waals surface area contributed by atoms with E-state index in [0.29, 0.717) is 5.92 Å². The van der Waals surface area contributed by atoms with Gasteiger partial charge in [-0.2, -0.15) is 0 Å². The minimum absolute atomic E-state index is 0.226. The molecule has 0 spiro atoms. The van der Waals surface area contributed by atoms with Crippen molar-refractivity contribution in [3.05, 3.63) is 30.5 Å². The number of rotatable bonds is 7. The quantitative estimate of drug-likeness (QED) is 0.814. The molecule has 0 amide bonds. The average molecular weight is 343 g/mol. The minimum Gasteiger partial charge on any atom is -0.396 e. The van der Waals surface area contributed by atoms with Crippen molar-refractivity contribution in [2.24, 2.45) is 11.8 Å². The Morgan fingerprint density at radius 2 is 1.80 bits per heavy atom. The van der Waals surface area contributed by atoms with E-state index < -0.39 is 0 Å². The lowest BCUT2D eigenvalue weighted by Crippen LogP contribution is -2.35. The van der Waals surface area contributed by atoms with Crippen LogP contribution >= 0.6 is 0 Å². The van der Waals surface area contributed by atoms with Gasteiger partial charge in [-0.05, 0) is 39.2 Å². The highest BCUT2D eigenvalue weighted by Gasteiger charge is 2.33. The number of fused-ring (bicyclic) bond motifs is 1. The number of likely N-dealkylation sites (N-methyl/N-ethyl adjacent to an activating group) is 2. The molecule has 1 aromatic heterocycles. The number of anilines is 1. The first kappa shape index (κ1) is 18.0. The molecule has 1 saturated heterocycles. The van der Waals surface area contributed by atoms with Crippen molar-refractivity contribution in [2.45, 2.75) is 0 Å². The van der Waals surface area contributed by atoms with Crippen molar-refractivity contribution < 1.29 is 5.11 Å². The number of hydrogen-bond acceptors (Lipinski definition) is 6. The molecule has 2 atom stereocenters. The molecule has 1 aliphatic heterocycles. The predicted molar refractivity (Wildman–Crippen MR) is 102 cm³/mol. The van der Waals surface area contributed by atoms with Gasteiger partial charge in [-0.3, -0.25) is 4.98 Å². The summed E-state index contributed by atoms with van der Waals surface area (Å²) in [6.45, 7) is 5.07. The molecule has 136 valence electrons. The van der Waals surface area contributed by atoms with Gasteiger partial charge in [0.2, 0.25) is 0 Å².